The monoisotopic (exact) mass is 336 g/mol. The average molecular weight is 338 g/mol. The first-order chi connectivity index (χ1) is 8.91. The fourth-order valence-electron chi connectivity index (χ4n) is 2.03. The molecule has 0 aliphatic carbocycles. The Morgan fingerprint density at radius 1 is 1.00 bits per heavy atom. The van der Waals surface area contributed by atoms with Gasteiger partial charge in [-0.25, -0.2) is 0 Å². The van der Waals surface area contributed by atoms with E-state index < -0.39 is 0 Å². The maximum atomic E-state index is 12.6. The van der Waals surface area contributed by atoms with E-state index in [0.29, 0.717) is 16.1 Å². The Balaban J connectivity index is 2.56. The molecule has 3 heteroatoms. The first-order valence-corrected chi connectivity index (χ1v) is 7.15. The zero-order valence-electron chi connectivity index (χ0n) is 11.1. The lowest BCUT2D eigenvalue weighted by molar-refractivity contribution is 0.103. The molecule has 0 radical (unpaired) electrons. The molecule has 0 aliphatic heterocycles. The van der Waals surface area contributed by atoms with Gasteiger partial charge in [-0.15, -0.1) is 0 Å². The van der Waals surface area contributed by atoms with Crippen LogP contribution in [0.3, 0.4) is 0 Å². The molecule has 19 heavy (non-hydrogen) atoms. The zero-order valence-corrected chi connectivity index (χ0v) is 13.4. The van der Waals surface area contributed by atoms with Crippen molar-refractivity contribution in [3.63, 3.8) is 0 Å². The first kappa shape index (κ1) is 14.3. The highest BCUT2D eigenvalue weighted by atomic mass is 79.9. The van der Waals surface area contributed by atoms with Gasteiger partial charge in [-0.2, -0.15) is 0 Å². The Morgan fingerprint density at radius 2 is 1.63 bits per heavy atom. The summed E-state index contributed by atoms with van der Waals surface area (Å²) < 4.78 is 0.738. The highest BCUT2D eigenvalue weighted by molar-refractivity contribution is 9.10. The Kier molecular flexibility index (Phi) is 4.12. The molecule has 0 fully saturated rings. The molecule has 0 spiro atoms. The molecule has 98 valence electrons. The van der Waals surface area contributed by atoms with Crippen LogP contribution in [0.1, 0.15) is 32.6 Å². The summed E-state index contributed by atoms with van der Waals surface area (Å²) in [6.07, 6.45) is 0. The SMILES string of the molecule is Cc1cc(C)c(C(=O)c2cccc(Br)c2Cl)cc1C. The Labute approximate surface area is 126 Å². The number of hydrogen-bond acceptors (Lipinski definition) is 1. The Bertz CT molecular complexity index is 662. The molecule has 0 bridgehead atoms. The normalized spacial score (nSPS) is 10.6. The second-order valence-electron chi connectivity index (χ2n) is 4.68. The number of halogens is 2. The predicted octanol–water partition coefficient (Wildman–Crippen LogP) is 5.26. The molecule has 0 heterocycles. The summed E-state index contributed by atoms with van der Waals surface area (Å²) >= 11 is 9.54. The van der Waals surface area contributed by atoms with Crippen molar-refractivity contribution in [1.82, 2.24) is 0 Å². The second-order valence-corrected chi connectivity index (χ2v) is 5.91. The van der Waals surface area contributed by atoms with Gasteiger partial charge in [0.2, 0.25) is 0 Å². The van der Waals surface area contributed by atoms with E-state index in [1.54, 1.807) is 6.07 Å². The predicted molar refractivity (Wildman–Crippen MR) is 83.2 cm³/mol. The van der Waals surface area contributed by atoms with E-state index in [4.69, 9.17) is 11.6 Å². The smallest absolute Gasteiger partial charge is 0.194 e. The second kappa shape index (κ2) is 5.48. The van der Waals surface area contributed by atoms with E-state index in [-0.39, 0.29) is 5.78 Å². The van der Waals surface area contributed by atoms with Crippen LogP contribution < -0.4 is 0 Å². The summed E-state index contributed by atoms with van der Waals surface area (Å²) in [7, 11) is 0. The quantitative estimate of drug-likeness (QED) is 0.683. The number of aryl methyl sites for hydroxylation is 3. The van der Waals surface area contributed by atoms with Gasteiger partial charge in [0.25, 0.3) is 0 Å². The molecule has 0 saturated heterocycles. The summed E-state index contributed by atoms with van der Waals surface area (Å²) in [5, 5.41) is 0.463. The molecule has 2 rings (SSSR count). The van der Waals surface area contributed by atoms with Crippen molar-refractivity contribution < 1.29 is 4.79 Å². The molecule has 1 nitrogen and oxygen atoms in total. The summed E-state index contributed by atoms with van der Waals surface area (Å²) in [5.41, 5.74) is 4.52. The number of carbonyl (C=O) groups excluding carboxylic acids is 1. The third-order valence-corrected chi connectivity index (χ3v) is 4.58. The summed E-state index contributed by atoms with van der Waals surface area (Å²) in [6, 6.07) is 9.37. The minimum Gasteiger partial charge on any atom is -0.289 e. The minimum absolute atomic E-state index is 0.0353. The van der Waals surface area contributed by atoms with Crippen molar-refractivity contribution in [2.24, 2.45) is 0 Å². The molecular formula is C16H14BrClO. The number of rotatable bonds is 2. The molecular weight excluding hydrogens is 324 g/mol. The molecule has 0 saturated carbocycles. The van der Waals surface area contributed by atoms with Crippen LogP contribution in [0.15, 0.2) is 34.8 Å². The largest absolute Gasteiger partial charge is 0.289 e. The molecule has 0 atom stereocenters. The van der Waals surface area contributed by atoms with Gasteiger partial charge in [-0.1, -0.05) is 23.7 Å². The Morgan fingerprint density at radius 3 is 2.32 bits per heavy atom. The first-order valence-electron chi connectivity index (χ1n) is 5.98. The van der Waals surface area contributed by atoms with Crippen molar-refractivity contribution in [1.29, 1.82) is 0 Å². The van der Waals surface area contributed by atoms with E-state index in [1.807, 2.05) is 45.0 Å². The van der Waals surface area contributed by atoms with Gasteiger partial charge in [-0.3, -0.25) is 4.79 Å². The van der Waals surface area contributed by atoms with Gasteiger partial charge < -0.3 is 0 Å². The van der Waals surface area contributed by atoms with Crippen LogP contribution in [0.5, 0.6) is 0 Å². The highest BCUT2D eigenvalue weighted by Gasteiger charge is 2.17. The van der Waals surface area contributed by atoms with Gasteiger partial charge >= 0.3 is 0 Å². The van der Waals surface area contributed by atoms with Crippen LogP contribution >= 0.6 is 27.5 Å². The van der Waals surface area contributed by atoms with Crippen molar-refractivity contribution in [2.45, 2.75) is 20.8 Å². The molecule has 2 aromatic rings. The lowest BCUT2D eigenvalue weighted by Gasteiger charge is -2.10. The van der Waals surface area contributed by atoms with Crippen molar-refractivity contribution in [3.05, 3.63) is 67.6 Å². The van der Waals surface area contributed by atoms with Gasteiger partial charge in [0, 0.05) is 15.6 Å². The molecule has 0 amide bonds. The van der Waals surface area contributed by atoms with Crippen LogP contribution in [-0.2, 0) is 0 Å². The van der Waals surface area contributed by atoms with Crippen molar-refractivity contribution in [2.75, 3.05) is 0 Å². The van der Waals surface area contributed by atoms with E-state index in [2.05, 4.69) is 15.9 Å². The standard InChI is InChI=1S/C16H14BrClO/c1-9-7-11(3)13(8-10(9)2)16(19)12-5-4-6-14(17)15(12)18/h4-8H,1-3H3. The van der Waals surface area contributed by atoms with Gasteiger partial charge in [0.05, 0.1) is 5.02 Å². The average Bonchev–Trinajstić information content (AvgIpc) is 2.36. The van der Waals surface area contributed by atoms with Gasteiger partial charge in [0.15, 0.2) is 5.78 Å². The fourth-order valence-corrected chi connectivity index (χ4v) is 2.61. The third-order valence-electron chi connectivity index (χ3n) is 3.28. The minimum atomic E-state index is -0.0353. The zero-order chi connectivity index (χ0) is 14.2. The number of ketones is 1. The molecule has 0 N–H and O–H groups in total. The molecule has 0 aliphatic rings. The fraction of sp³-hybridized carbons (Fsp3) is 0.188. The molecule has 0 aromatic heterocycles. The maximum Gasteiger partial charge on any atom is 0.194 e. The number of benzene rings is 2. The number of carbonyl (C=O) groups is 1. The van der Waals surface area contributed by atoms with Crippen LogP contribution in [0.2, 0.25) is 5.02 Å². The topological polar surface area (TPSA) is 17.1 Å². The lowest BCUT2D eigenvalue weighted by Crippen LogP contribution is -2.06. The lowest BCUT2D eigenvalue weighted by atomic mass is 9.95. The molecule has 2 aromatic carbocycles. The maximum absolute atomic E-state index is 12.6. The van der Waals surface area contributed by atoms with Crippen LogP contribution in [0, 0.1) is 20.8 Å². The summed E-state index contributed by atoms with van der Waals surface area (Å²) in [5.74, 6) is -0.0353. The Hall–Kier alpha value is -1.12. The highest BCUT2D eigenvalue weighted by Crippen LogP contribution is 2.29. The summed E-state index contributed by atoms with van der Waals surface area (Å²) in [4.78, 5) is 12.6. The van der Waals surface area contributed by atoms with E-state index in [9.17, 15) is 4.79 Å². The van der Waals surface area contributed by atoms with Crippen LogP contribution in [-0.4, -0.2) is 5.78 Å². The van der Waals surface area contributed by atoms with Crippen LogP contribution in [0.25, 0.3) is 0 Å². The number of hydrogen-bond donors (Lipinski definition) is 0. The van der Waals surface area contributed by atoms with Crippen molar-refractivity contribution in [3.8, 4) is 0 Å². The van der Waals surface area contributed by atoms with Crippen molar-refractivity contribution >= 4 is 33.3 Å². The summed E-state index contributed by atoms with van der Waals surface area (Å²) in [6.45, 7) is 6.00. The van der Waals surface area contributed by atoms with E-state index in [1.165, 1.54) is 5.56 Å². The third kappa shape index (κ3) is 2.75. The van der Waals surface area contributed by atoms with E-state index in [0.717, 1.165) is 15.6 Å². The van der Waals surface area contributed by atoms with Crippen LogP contribution in [0.4, 0.5) is 0 Å². The van der Waals surface area contributed by atoms with Gasteiger partial charge in [-0.05, 0) is 71.6 Å². The molecule has 0 unspecified atom stereocenters. The van der Waals surface area contributed by atoms with E-state index >= 15 is 0 Å². The van der Waals surface area contributed by atoms with Gasteiger partial charge in [0.1, 0.15) is 0 Å².